The normalized spacial score (nSPS) is 23.6. The van der Waals surface area contributed by atoms with Crippen molar-refractivity contribution in [3.05, 3.63) is 22.8 Å². The van der Waals surface area contributed by atoms with Gasteiger partial charge in [-0.2, -0.15) is 0 Å². The Morgan fingerprint density at radius 3 is 2.17 bits per heavy atom. The summed E-state index contributed by atoms with van der Waals surface area (Å²) in [4.78, 5) is 36.6. The van der Waals surface area contributed by atoms with Crippen molar-refractivity contribution in [2.24, 2.45) is 5.92 Å². The Morgan fingerprint density at radius 1 is 1.14 bits per heavy atom. The number of methoxy groups -OCH3 is 2. The highest BCUT2D eigenvalue weighted by molar-refractivity contribution is 6.74. The number of carbonyl (C=O) groups is 3. The van der Waals surface area contributed by atoms with Gasteiger partial charge in [0.1, 0.15) is 0 Å². The van der Waals surface area contributed by atoms with Crippen LogP contribution in [0.2, 0.25) is 18.1 Å². The van der Waals surface area contributed by atoms with Crippen molar-refractivity contribution >= 4 is 26.2 Å². The lowest BCUT2D eigenvalue weighted by Crippen LogP contribution is -2.64. The van der Waals surface area contributed by atoms with Crippen LogP contribution in [0.5, 0.6) is 0 Å². The summed E-state index contributed by atoms with van der Waals surface area (Å²) >= 11 is 0. The molecule has 1 N–H and O–H groups in total. The molecule has 0 radical (unpaired) electrons. The summed E-state index contributed by atoms with van der Waals surface area (Å²) < 4.78 is 16.1. The lowest BCUT2D eigenvalue weighted by atomic mass is 9.76. The number of carbonyl (C=O) groups excluding carboxylic acids is 3. The molecule has 1 aliphatic carbocycles. The highest BCUT2D eigenvalue weighted by Gasteiger charge is 2.49. The summed E-state index contributed by atoms with van der Waals surface area (Å²) in [6.45, 7) is 12.8. The second-order valence-electron chi connectivity index (χ2n) is 9.20. The van der Waals surface area contributed by atoms with Gasteiger partial charge in [-0.3, -0.25) is 4.79 Å². The predicted octanol–water partition coefficient (Wildman–Crippen LogP) is 2.87. The Balaban J connectivity index is 2.21. The van der Waals surface area contributed by atoms with Crippen LogP contribution in [0.15, 0.2) is 22.8 Å². The van der Waals surface area contributed by atoms with Gasteiger partial charge in [-0.05, 0) is 37.0 Å². The molecule has 1 amide bonds. The van der Waals surface area contributed by atoms with Gasteiger partial charge in [-0.25, -0.2) is 9.59 Å². The first-order chi connectivity index (χ1) is 13.3. The number of ether oxygens (including phenoxy) is 2. The molecule has 0 aromatic rings. The first-order valence-corrected chi connectivity index (χ1v) is 12.8. The van der Waals surface area contributed by atoms with Crippen LogP contribution in [-0.2, 0) is 28.3 Å². The van der Waals surface area contributed by atoms with E-state index in [-0.39, 0.29) is 47.4 Å². The Labute approximate surface area is 174 Å². The van der Waals surface area contributed by atoms with Gasteiger partial charge in [0.05, 0.1) is 43.4 Å². The molecule has 1 aliphatic heterocycles. The average molecular weight is 424 g/mol. The topological polar surface area (TPSA) is 90.9 Å². The van der Waals surface area contributed by atoms with Gasteiger partial charge in [0.15, 0.2) is 8.32 Å². The van der Waals surface area contributed by atoms with E-state index in [1.54, 1.807) is 0 Å². The third-order valence-electron chi connectivity index (χ3n) is 6.33. The van der Waals surface area contributed by atoms with Crippen LogP contribution in [0.4, 0.5) is 0 Å². The number of rotatable bonds is 6. The molecular formula is C21H33NO6Si. The molecule has 29 heavy (non-hydrogen) atoms. The first kappa shape index (κ1) is 23.3. The number of hydrogen-bond acceptors (Lipinski definition) is 6. The van der Waals surface area contributed by atoms with E-state index in [1.165, 1.54) is 14.2 Å². The van der Waals surface area contributed by atoms with Crippen molar-refractivity contribution in [1.82, 2.24) is 5.32 Å². The Morgan fingerprint density at radius 2 is 1.69 bits per heavy atom. The first-order valence-electron chi connectivity index (χ1n) is 9.89. The number of amides is 1. The maximum absolute atomic E-state index is 12.4. The summed E-state index contributed by atoms with van der Waals surface area (Å²) in [7, 11) is 0.532. The van der Waals surface area contributed by atoms with Crippen molar-refractivity contribution in [1.29, 1.82) is 0 Å². The van der Waals surface area contributed by atoms with E-state index in [9.17, 15) is 14.4 Å². The summed E-state index contributed by atoms with van der Waals surface area (Å²) in [5.41, 5.74) is 1.49. The minimum atomic E-state index is -2.03. The smallest absolute Gasteiger partial charge is 0.334 e. The maximum atomic E-state index is 12.4. The second kappa shape index (κ2) is 8.43. The van der Waals surface area contributed by atoms with Crippen molar-refractivity contribution in [3.63, 3.8) is 0 Å². The molecule has 1 fully saturated rings. The third kappa shape index (κ3) is 4.64. The number of allylic oxidation sites excluding steroid dienone is 1. The molecule has 0 spiro atoms. The van der Waals surface area contributed by atoms with Crippen LogP contribution in [0.1, 0.15) is 40.5 Å². The number of hydrogen-bond donors (Lipinski definition) is 1. The molecule has 1 heterocycles. The molecule has 0 bridgehead atoms. The molecule has 0 saturated carbocycles. The summed E-state index contributed by atoms with van der Waals surface area (Å²) in [6.07, 6.45) is 2.16. The lowest BCUT2D eigenvalue weighted by molar-refractivity contribution is -0.140. The Bertz CT molecular complexity index is 762. The van der Waals surface area contributed by atoms with Gasteiger partial charge in [-0.1, -0.05) is 26.8 Å². The van der Waals surface area contributed by atoms with E-state index in [0.29, 0.717) is 5.57 Å². The molecule has 162 valence electrons. The van der Waals surface area contributed by atoms with E-state index in [4.69, 9.17) is 13.9 Å². The van der Waals surface area contributed by atoms with Crippen molar-refractivity contribution < 1.29 is 28.3 Å². The minimum Gasteiger partial charge on any atom is -0.466 e. The molecule has 1 unspecified atom stereocenters. The standard InChI is InChI=1S/C21H33NO6Si/c1-12(28-29(7,8)21(2,3)4)16-17(22-18(16)23)13-9-10-14(19(24)26-5)15(11-13)20(25)27-6/h9,12,16-17H,10-11H2,1-8H3,(H,22,23)/t12?,16-,17-/m1/s1. The third-order valence-corrected chi connectivity index (χ3v) is 10.9. The van der Waals surface area contributed by atoms with Gasteiger partial charge >= 0.3 is 11.9 Å². The van der Waals surface area contributed by atoms with Crippen LogP contribution in [0, 0.1) is 5.92 Å². The number of esters is 2. The molecule has 2 aliphatic rings. The minimum absolute atomic E-state index is 0.0390. The van der Waals surface area contributed by atoms with Crippen molar-refractivity contribution in [2.45, 2.75) is 70.8 Å². The van der Waals surface area contributed by atoms with Crippen LogP contribution in [0.25, 0.3) is 0 Å². The van der Waals surface area contributed by atoms with Gasteiger partial charge in [-0.15, -0.1) is 0 Å². The largest absolute Gasteiger partial charge is 0.466 e. The molecule has 0 aromatic heterocycles. The molecular weight excluding hydrogens is 390 g/mol. The van der Waals surface area contributed by atoms with E-state index in [1.807, 2.05) is 13.0 Å². The van der Waals surface area contributed by atoms with Gasteiger partial charge in [0.2, 0.25) is 5.91 Å². The zero-order chi connectivity index (χ0) is 22.1. The highest BCUT2D eigenvalue weighted by Crippen LogP contribution is 2.40. The monoisotopic (exact) mass is 423 g/mol. The SMILES string of the molecule is COC(=O)C1=C(C(=O)OC)CC([C@H]2NC(=O)[C@@H]2C(C)O[Si](C)(C)C(C)(C)C)=CC1. The van der Waals surface area contributed by atoms with Gasteiger partial charge in [0.25, 0.3) is 0 Å². The fourth-order valence-electron chi connectivity index (χ4n) is 3.54. The molecule has 3 atom stereocenters. The average Bonchev–Trinajstić information content (AvgIpc) is 2.62. The van der Waals surface area contributed by atoms with Gasteiger partial charge in [0, 0.05) is 6.42 Å². The fourth-order valence-corrected chi connectivity index (χ4v) is 4.97. The van der Waals surface area contributed by atoms with E-state index < -0.39 is 20.3 Å². The fraction of sp³-hybridized carbons (Fsp3) is 0.667. The van der Waals surface area contributed by atoms with Crippen LogP contribution < -0.4 is 5.32 Å². The zero-order valence-corrected chi connectivity index (χ0v) is 19.7. The van der Waals surface area contributed by atoms with E-state index in [2.05, 4.69) is 39.2 Å². The Hall–Kier alpha value is -1.93. The van der Waals surface area contributed by atoms with Crippen LogP contribution >= 0.6 is 0 Å². The molecule has 7 nitrogen and oxygen atoms in total. The molecule has 2 rings (SSSR count). The lowest BCUT2D eigenvalue weighted by Gasteiger charge is -2.46. The summed E-state index contributed by atoms with van der Waals surface area (Å²) in [5.74, 6) is -1.47. The molecule has 1 saturated heterocycles. The number of β-lactam (4-membered cyclic amide) rings is 1. The van der Waals surface area contributed by atoms with Crippen molar-refractivity contribution in [3.8, 4) is 0 Å². The van der Waals surface area contributed by atoms with Gasteiger partial charge < -0.3 is 19.2 Å². The quantitative estimate of drug-likeness (QED) is 0.306. The second-order valence-corrected chi connectivity index (χ2v) is 14.0. The zero-order valence-electron chi connectivity index (χ0n) is 18.7. The predicted molar refractivity (Wildman–Crippen MR) is 112 cm³/mol. The van der Waals surface area contributed by atoms with E-state index in [0.717, 1.165) is 5.57 Å². The summed E-state index contributed by atoms with van der Waals surface area (Å²) in [6, 6.07) is -0.221. The number of nitrogens with one attached hydrogen (secondary N) is 1. The molecule has 0 aromatic carbocycles. The highest BCUT2D eigenvalue weighted by atomic mass is 28.4. The van der Waals surface area contributed by atoms with Crippen LogP contribution in [0.3, 0.4) is 0 Å². The van der Waals surface area contributed by atoms with Crippen molar-refractivity contribution in [2.75, 3.05) is 14.2 Å². The summed E-state index contributed by atoms with van der Waals surface area (Å²) in [5, 5.41) is 2.98. The molecule has 8 heteroatoms. The van der Waals surface area contributed by atoms with E-state index >= 15 is 0 Å². The maximum Gasteiger partial charge on any atom is 0.334 e. The van der Waals surface area contributed by atoms with Crippen LogP contribution in [-0.4, -0.2) is 52.5 Å². The Kier molecular flexibility index (Phi) is 6.79.